The van der Waals surface area contributed by atoms with Gasteiger partial charge in [0.25, 0.3) is 5.91 Å². The summed E-state index contributed by atoms with van der Waals surface area (Å²) >= 11 is 0. The number of unbranched alkanes of at least 4 members (excludes halogenated alkanes) is 1. The predicted octanol–water partition coefficient (Wildman–Crippen LogP) is 0.591. The van der Waals surface area contributed by atoms with Crippen molar-refractivity contribution in [2.45, 2.75) is 44.7 Å². The highest BCUT2D eigenvalue weighted by Gasteiger charge is 2.49. The van der Waals surface area contributed by atoms with E-state index in [4.69, 9.17) is 5.73 Å². The third-order valence-corrected chi connectivity index (χ3v) is 5.51. The number of carbonyl (C=O) groups is 3. The summed E-state index contributed by atoms with van der Waals surface area (Å²) in [7, 11) is 0. The maximum Gasteiger partial charge on any atom is 0.347 e. The van der Waals surface area contributed by atoms with Gasteiger partial charge in [0.1, 0.15) is 6.54 Å². The molecule has 29 heavy (non-hydrogen) atoms. The first-order valence-corrected chi connectivity index (χ1v) is 10.2. The van der Waals surface area contributed by atoms with Crippen LogP contribution in [0.5, 0.6) is 0 Å². The van der Waals surface area contributed by atoms with Gasteiger partial charge in [0.2, 0.25) is 5.91 Å². The van der Waals surface area contributed by atoms with Crippen molar-refractivity contribution in [3.63, 3.8) is 0 Å². The van der Waals surface area contributed by atoms with Crippen molar-refractivity contribution in [2.24, 2.45) is 5.73 Å². The van der Waals surface area contributed by atoms with Crippen molar-refractivity contribution in [3.05, 3.63) is 34.5 Å². The molecular weight excluding hydrogens is 374 g/mol. The van der Waals surface area contributed by atoms with Crippen LogP contribution in [-0.2, 0) is 16.1 Å². The number of benzene rings is 1. The average molecular weight is 403 g/mol. The van der Waals surface area contributed by atoms with Crippen molar-refractivity contribution in [1.82, 2.24) is 10.6 Å². The van der Waals surface area contributed by atoms with Crippen LogP contribution < -0.4 is 21.7 Å². The highest BCUT2D eigenvalue weighted by Crippen LogP contribution is 2.37. The van der Waals surface area contributed by atoms with E-state index in [2.05, 4.69) is 16.0 Å². The molecule has 1 aromatic rings. The SMILES string of the molecule is NCCCNCCCCNc1cccc2c1C[N+]([O-])(C1CCC(=O)NC1=O)C2=O. The minimum Gasteiger partial charge on any atom is -0.624 e. The summed E-state index contributed by atoms with van der Waals surface area (Å²) in [4.78, 5) is 36.4. The molecule has 2 atom stereocenters. The maximum atomic E-state index is 13.4. The summed E-state index contributed by atoms with van der Waals surface area (Å²) in [6.07, 6.45) is 3.08. The van der Waals surface area contributed by atoms with Crippen LogP contribution in [-0.4, -0.2) is 54.6 Å². The number of nitrogens with two attached hydrogens (primary N) is 1. The lowest BCUT2D eigenvalue weighted by molar-refractivity contribution is -0.825. The lowest BCUT2D eigenvalue weighted by atomic mass is 10.0. The highest BCUT2D eigenvalue weighted by molar-refractivity contribution is 6.02. The molecule has 3 rings (SSSR count). The second-order valence-electron chi connectivity index (χ2n) is 7.58. The summed E-state index contributed by atoms with van der Waals surface area (Å²) < 4.78 is -1.25. The van der Waals surface area contributed by atoms with E-state index in [-0.39, 0.29) is 19.4 Å². The minimum absolute atomic E-state index is 0.0761. The van der Waals surface area contributed by atoms with Crippen LogP contribution in [0.4, 0.5) is 5.69 Å². The van der Waals surface area contributed by atoms with Gasteiger partial charge in [-0.2, -0.15) is 0 Å². The third kappa shape index (κ3) is 4.64. The van der Waals surface area contributed by atoms with E-state index in [1.54, 1.807) is 12.1 Å². The Hall–Kier alpha value is -2.33. The Balaban J connectivity index is 1.60. The van der Waals surface area contributed by atoms with Gasteiger partial charge in [0.05, 0.1) is 5.56 Å². The number of fused-ring (bicyclic) bond motifs is 1. The van der Waals surface area contributed by atoms with Gasteiger partial charge in [0, 0.05) is 30.6 Å². The Labute approximate surface area is 170 Å². The molecule has 2 heterocycles. The Bertz CT molecular complexity index is 784. The topological polar surface area (TPSA) is 136 Å². The zero-order valence-corrected chi connectivity index (χ0v) is 16.5. The molecule has 2 aliphatic heterocycles. The fourth-order valence-electron chi connectivity index (χ4n) is 3.92. The molecule has 2 aliphatic rings. The van der Waals surface area contributed by atoms with Gasteiger partial charge in [-0.15, -0.1) is 0 Å². The molecule has 0 radical (unpaired) electrons. The van der Waals surface area contributed by atoms with E-state index in [0.717, 1.165) is 44.6 Å². The Morgan fingerprint density at radius 2 is 1.90 bits per heavy atom. The van der Waals surface area contributed by atoms with Gasteiger partial charge >= 0.3 is 5.91 Å². The van der Waals surface area contributed by atoms with E-state index in [1.165, 1.54) is 0 Å². The molecule has 0 saturated carbocycles. The normalized spacial score (nSPS) is 23.8. The van der Waals surface area contributed by atoms with E-state index in [9.17, 15) is 19.6 Å². The van der Waals surface area contributed by atoms with Crippen LogP contribution >= 0.6 is 0 Å². The summed E-state index contributed by atoms with van der Waals surface area (Å²) in [5, 5.41) is 22.2. The molecule has 0 bridgehead atoms. The average Bonchev–Trinajstić information content (AvgIpc) is 2.96. The monoisotopic (exact) mass is 403 g/mol. The van der Waals surface area contributed by atoms with E-state index in [0.29, 0.717) is 17.7 Å². The summed E-state index contributed by atoms with van der Waals surface area (Å²) in [5.41, 5.74) is 7.23. The lowest BCUT2D eigenvalue weighted by Gasteiger charge is -2.42. The Morgan fingerprint density at radius 3 is 2.66 bits per heavy atom. The van der Waals surface area contributed by atoms with Crippen LogP contribution in [0.25, 0.3) is 0 Å². The van der Waals surface area contributed by atoms with Gasteiger partial charge in [-0.1, -0.05) is 6.07 Å². The molecule has 0 aromatic heterocycles. The first kappa shape index (κ1) is 21.4. The number of rotatable bonds is 10. The first-order valence-electron chi connectivity index (χ1n) is 10.2. The van der Waals surface area contributed by atoms with Gasteiger partial charge < -0.3 is 21.6 Å². The number of carbonyl (C=O) groups excluding carboxylic acids is 3. The third-order valence-electron chi connectivity index (χ3n) is 5.51. The van der Waals surface area contributed by atoms with E-state index >= 15 is 0 Å². The standard InChI is InChI=1S/C20H29N5O4/c21-9-4-11-22-10-1-2-12-23-16-6-3-5-14-15(16)13-25(29,20(14)28)17-7-8-18(26)24-19(17)27/h3,5-6,17,22-23H,1-2,4,7-13,21H2,(H,24,26,27). The number of quaternary nitrogens is 1. The van der Waals surface area contributed by atoms with Crippen LogP contribution in [0, 0.1) is 5.21 Å². The molecule has 1 aromatic carbocycles. The fourth-order valence-corrected chi connectivity index (χ4v) is 3.92. The molecule has 9 heteroatoms. The van der Waals surface area contributed by atoms with E-state index < -0.39 is 28.4 Å². The highest BCUT2D eigenvalue weighted by atomic mass is 16.6. The molecule has 2 unspecified atom stereocenters. The number of nitrogens with one attached hydrogen (secondary N) is 3. The fraction of sp³-hybridized carbons (Fsp3) is 0.550. The van der Waals surface area contributed by atoms with Gasteiger partial charge in [-0.05, 0) is 51.0 Å². The van der Waals surface area contributed by atoms with Crippen LogP contribution in [0.2, 0.25) is 0 Å². The number of hydroxylamine groups is 3. The number of hydrogen-bond donors (Lipinski definition) is 4. The molecular formula is C20H29N5O4. The molecule has 5 N–H and O–H groups in total. The predicted molar refractivity (Wildman–Crippen MR) is 109 cm³/mol. The number of amides is 3. The second-order valence-corrected chi connectivity index (χ2v) is 7.58. The molecule has 158 valence electrons. The number of anilines is 1. The molecule has 0 aliphatic carbocycles. The number of hydrogen-bond acceptors (Lipinski definition) is 7. The smallest absolute Gasteiger partial charge is 0.347 e. The van der Waals surface area contributed by atoms with Gasteiger partial charge in [0.15, 0.2) is 6.04 Å². The molecule has 0 spiro atoms. The zero-order valence-electron chi connectivity index (χ0n) is 16.5. The largest absolute Gasteiger partial charge is 0.624 e. The molecule has 1 saturated heterocycles. The first-order chi connectivity index (χ1) is 14.0. The summed E-state index contributed by atoms with van der Waals surface area (Å²) in [6.45, 7) is 3.15. The van der Waals surface area contributed by atoms with Crippen molar-refractivity contribution in [1.29, 1.82) is 0 Å². The van der Waals surface area contributed by atoms with Crippen LogP contribution in [0.1, 0.15) is 48.0 Å². The van der Waals surface area contributed by atoms with Crippen molar-refractivity contribution in [2.75, 3.05) is 31.5 Å². The second kappa shape index (κ2) is 9.45. The van der Waals surface area contributed by atoms with Crippen LogP contribution in [0.3, 0.4) is 0 Å². The maximum absolute atomic E-state index is 13.4. The quantitative estimate of drug-likeness (QED) is 0.194. The van der Waals surface area contributed by atoms with Crippen molar-refractivity contribution < 1.29 is 19.0 Å². The number of nitrogens with zero attached hydrogens (tertiary/aromatic N) is 1. The van der Waals surface area contributed by atoms with Crippen molar-refractivity contribution >= 4 is 23.4 Å². The molecule has 1 fully saturated rings. The molecule has 9 nitrogen and oxygen atoms in total. The minimum atomic E-state index is -1.25. The van der Waals surface area contributed by atoms with Gasteiger partial charge in [-0.25, -0.2) is 4.79 Å². The number of imide groups is 1. The van der Waals surface area contributed by atoms with Crippen molar-refractivity contribution in [3.8, 4) is 0 Å². The van der Waals surface area contributed by atoms with Gasteiger partial charge in [-0.3, -0.25) is 19.6 Å². The Morgan fingerprint density at radius 1 is 1.14 bits per heavy atom. The zero-order chi connectivity index (χ0) is 20.9. The summed E-state index contributed by atoms with van der Waals surface area (Å²) in [6, 6.07) is 4.15. The lowest BCUT2D eigenvalue weighted by Crippen LogP contribution is -2.60. The summed E-state index contributed by atoms with van der Waals surface area (Å²) in [5.74, 6) is -1.67. The Kier molecular flexibility index (Phi) is 6.96. The van der Waals surface area contributed by atoms with Crippen LogP contribution in [0.15, 0.2) is 18.2 Å². The number of piperidine rings is 1. The molecule has 3 amide bonds. The van der Waals surface area contributed by atoms with E-state index in [1.807, 2.05) is 6.07 Å².